The van der Waals surface area contributed by atoms with Gasteiger partial charge in [0.1, 0.15) is 18.0 Å². The molecule has 1 N–H and O–H groups in total. The van der Waals surface area contributed by atoms with Crippen LogP contribution in [0, 0.1) is 5.82 Å². The van der Waals surface area contributed by atoms with Gasteiger partial charge in [0, 0.05) is 30.2 Å². The second-order valence-corrected chi connectivity index (χ2v) is 6.31. The SMILES string of the molecule is O=C(C1CNCCO1)N1CCOC(c2cc(F)c(Cl)cc2Cl)C1. The monoisotopic (exact) mass is 362 g/mol. The summed E-state index contributed by atoms with van der Waals surface area (Å²) in [6.45, 7) is 2.89. The number of ether oxygens (including phenoxy) is 2. The highest BCUT2D eigenvalue weighted by molar-refractivity contribution is 6.35. The van der Waals surface area contributed by atoms with Crippen LogP contribution in [0.3, 0.4) is 0 Å². The second kappa shape index (κ2) is 7.32. The van der Waals surface area contributed by atoms with E-state index in [0.717, 1.165) is 6.54 Å². The first kappa shape index (κ1) is 16.9. The quantitative estimate of drug-likeness (QED) is 0.817. The van der Waals surface area contributed by atoms with Crippen molar-refractivity contribution in [2.24, 2.45) is 0 Å². The van der Waals surface area contributed by atoms with E-state index in [1.807, 2.05) is 0 Å². The molecule has 1 amide bonds. The van der Waals surface area contributed by atoms with Gasteiger partial charge in [-0.3, -0.25) is 4.79 Å². The Kier molecular flexibility index (Phi) is 5.38. The predicted molar refractivity (Wildman–Crippen MR) is 84.3 cm³/mol. The van der Waals surface area contributed by atoms with Crippen LogP contribution in [-0.2, 0) is 14.3 Å². The average molecular weight is 363 g/mol. The molecule has 0 saturated carbocycles. The molecule has 8 heteroatoms. The normalized spacial score (nSPS) is 25.4. The molecule has 2 heterocycles. The third-order valence-electron chi connectivity index (χ3n) is 3.97. The fourth-order valence-electron chi connectivity index (χ4n) is 2.75. The lowest BCUT2D eigenvalue weighted by atomic mass is 10.1. The average Bonchev–Trinajstić information content (AvgIpc) is 2.58. The molecule has 126 valence electrons. The van der Waals surface area contributed by atoms with Crippen LogP contribution in [0.25, 0.3) is 0 Å². The molecule has 2 aliphatic heterocycles. The summed E-state index contributed by atoms with van der Waals surface area (Å²) >= 11 is 11.9. The number of benzene rings is 1. The first-order chi connectivity index (χ1) is 11.1. The maximum atomic E-state index is 13.7. The first-order valence-electron chi connectivity index (χ1n) is 7.43. The van der Waals surface area contributed by atoms with Gasteiger partial charge in [-0.05, 0) is 12.1 Å². The molecule has 0 bridgehead atoms. The van der Waals surface area contributed by atoms with Crippen molar-refractivity contribution in [3.8, 4) is 0 Å². The fraction of sp³-hybridized carbons (Fsp3) is 0.533. The summed E-state index contributed by atoms with van der Waals surface area (Å²) in [6.07, 6.45) is -0.969. The number of carbonyl (C=O) groups excluding carboxylic acids is 1. The standard InChI is InChI=1S/C15H17Cl2FN2O3/c16-10-6-11(17)12(18)5-9(10)14-8-20(2-4-23-14)15(21)13-7-19-1-3-22-13/h5-6,13-14,19H,1-4,7-8H2. The molecular weight excluding hydrogens is 346 g/mol. The molecule has 1 aromatic carbocycles. The number of carbonyl (C=O) groups is 1. The van der Waals surface area contributed by atoms with Crippen LogP contribution in [0.5, 0.6) is 0 Å². The van der Waals surface area contributed by atoms with Gasteiger partial charge in [0.2, 0.25) is 0 Å². The number of rotatable bonds is 2. The minimum atomic E-state index is -0.557. The smallest absolute Gasteiger partial charge is 0.253 e. The van der Waals surface area contributed by atoms with E-state index < -0.39 is 18.0 Å². The maximum absolute atomic E-state index is 13.7. The summed E-state index contributed by atoms with van der Waals surface area (Å²) in [7, 11) is 0. The summed E-state index contributed by atoms with van der Waals surface area (Å²) in [5, 5.41) is 3.42. The Morgan fingerprint density at radius 3 is 2.83 bits per heavy atom. The van der Waals surface area contributed by atoms with Crippen LogP contribution in [0.4, 0.5) is 4.39 Å². The molecule has 2 atom stereocenters. The zero-order valence-corrected chi connectivity index (χ0v) is 13.9. The van der Waals surface area contributed by atoms with Crippen LogP contribution < -0.4 is 5.32 Å². The Hall–Kier alpha value is -0.920. The maximum Gasteiger partial charge on any atom is 0.253 e. The summed E-state index contributed by atoms with van der Waals surface area (Å²) in [4.78, 5) is 14.2. The van der Waals surface area contributed by atoms with Crippen molar-refractivity contribution in [1.82, 2.24) is 10.2 Å². The third kappa shape index (κ3) is 3.78. The zero-order chi connectivity index (χ0) is 16.4. The van der Waals surface area contributed by atoms with Gasteiger partial charge in [-0.25, -0.2) is 4.39 Å². The lowest BCUT2D eigenvalue weighted by molar-refractivity contribution is -0.152. The highest BCUT2D eigenvalue weighted by Crippen LogP contribution is 2.32. The molecule has 0 spiro atoms. The van der Waals surface area contributed by atoms with Crippen LogP contribution >= 0.6 is 23.2 Å². The molecule has 0 radical (unpaired) electrons. The van der Waals surface area contributed by atoms with Gasteiger partial charge < -0.3 is 19.7 Å². The van der Waals surface area contributed by atoms with E-state index in [2.05, 4.69) is 5.32 Å². The summed E-state index contributed by atoms with van der Waals surface area (Å²) in [5.41, 5.74) is 0.494. The van der Waals surface area contributed by atoms with Crippen LogP contribution in [0.1, 0.15) is 11.7 Å². The van der Waals surface area contributed by atoms with Crippen molar-refractivity contribution < 1.29 is 18.7 Å². The van der Waals surface area contributed by atoms with Crippen molar-refractivity contribution in [2.45, 2.75) is 12.2 Å². The predicted octanol–water partition coefficient (Wildman–Crippen LogP) is 2.02. The Morgan fingerprint density at radius 2 is 2.09 bits per heavy atom. The van der Waals surface area contributed by atoms with Crippen molar-refractivity contribution in [1.29, 1.82) is 0 Å². The van der Waals surface area contributed by atoms with Crippen molar-refractivity contribution in [2.75, 3.05) is 39.4 Å². The highest BCUT2D eigenvalue weighted by Gasteiger charge is 2.32. The largest absolute Gasteiger partial charge is 0.370 e. The lowest BCUT2D eigenvalue weighted by Gasteiger charge is -2.36. The summed E-state index contributed by atoms with van der Waals surface area (Å²) in [5.74, 6) is -0.644. The minimum Gasteiger partial charge on any atom is -0.370 e. The Bertz CT molecular complexity index is 596. The number of morpholine rings is 2. The Labute approximate surface area is 143 Å². The van der Waals surface area contributed by atoms with Gasteiger partial charge in [-0.15, -0.1) is 0 Å². The van der Waals surface area contributed by atoms with E-state index >= 15 is 0 Å². The Morgan fingerprint density at radius 1 is 1.26 bits per heavy atom. The molecular formula is C15H17Cl2FN2O3. The van der Waals surface area contributed by atoms with E-state index in [9.17, 15) is 9.18 Å². The number of nitrogens with one attached hydrogen (secondary N) is 1. The molecule has 1 aromatic rings. The van der Waals surface area contributed by atoms with E-state index in [1.54, 1.807) is 4.90 Å². The van der Waals surface area contributed by atoms with E-state index in [0.29, 0.717) is 43.4 Å². The lowest BCUT2D eigenvalue weighted by Crippen LogP contribution is -2.52. The second-order valence-electron chi connectivity index (χ2n) is 5.50. The highest BCUT2D eigenvalue weighted by atomic mass is 35.5. The van der Waals surface area contributed by atoms with Gasteiger partial charge in [0.25, 0.3) is 5.91 Å². The molecule has 0 aliphatic carbocycles. The van der Waals surface area contributed by atoms with Crippen LogP contribution in [0.2, 0.25) is 10.0 Å². The van der Waals surface area contributed by atoms with Crippen molar-refractivity contribution in [3.63, 3.8) is 0 Å². The molecule has 2 unspecified atom stereocenters. The van der Waals surface area contributed by atoms with Gasteiger partial charge in [-0.1, -0.05) is 23.2 Å². The molecule has 5 nitrogen and oxygen atoms in total. The molecule has 2 fully saturated rings. The number of hydrogen-bond acceptors (Lipinski definition) is 4. The van der Waals surface area contributed by atoms with Gasteiger partial charge in [-0.2, -0.15) is 0 Å². The van der Waals surface area contributed by atoms with E-state index in [4.69, 9.17) is 32.7 Å². The van der Waals surface area contributed by atoms with E-state index in [-0.39, 0.29) is 10.9 Å². The van der Waals surface area contributed by atoms with Gasteiger partial charge in [0.15, 0.2) is 0 Å². The third-order valence-corrected chi connectivity index (χ3v) is 4.58. The van der Waals surface area contributed by atoms with Gasteiger partial charge >= 0.3 is 0 Å². The minimum absolute atomic E-state index is 0.0378. The Balaban J connectivity index is 1.73. The molecule has 2 saturated heterocycles. The fourth-order valence-corrected chi connectivity index (χ4v) is 3.25. The summed E-state index contributed by atoms with van der Waals surface area (Å²) in [6, 6.07) is 2.62. The molecule has 2 aliphatic rings. The molecule has 3 rings (SSSR count). The number of halogens is 3. The number of nitrogens with zero attached hydrogens (tertiary/aromatic N) is 1. The van der Waals surface area contributed by atoms with Crippen LogP contribution in [0.15, 0.2) is 12.1 Å². The number of amides is 1. The topological polar surface area (TPSA) is 50.8 Å². The molecule has 23 heavy (non-hydrogen) atoms. The molecule has 0 aromatic heterocycles. The van der Waals surface area contributed by atoms with Crippen LogP contribution in [-0.4, -0.2) is 56.3 Å². The summed E-state index contributed by atoms with van der Waals surface area (Å²) < 4.78 is 24.9. The first-order valence-corrected chi connectivity index (χ1v) is 8.19. The van der Waals surface area contributed by atoms with Crippen molar-refractivity contribution >= 4 is 29.1 Å². The number of hydrogen-bond donors (Lipinski definition) is 1. The van der Waals surface area contributed by atoms with Gasteiger partial charge in [0.05, 0.1) is 24.8 Å². The zero-order valence-electron chi connectivity index (χ0n) is 12.4. The van der Waals surface area contributed by atoms with Crippen molar-refractivity contribution in [3.05, 3.63) is 33.6 Å². The van der Waals surface area contributed by atoms with E-state index in [1.165, 1.54) is 12.1 Å².